The van der Waals surface area contributed by atoms with Crippen molar-refractivity contribution in [1.82, 2.24) is 24.7 Å². The zero-order valence-electron chi connectivity index (χ0n) is 22.5. The molecule has 0 spiro atoms. The van der Waals surface area contributed by atoms with E-state index in [9.17, 15) is 19.2 Å². The Morgan fingerprint density at radius 1 is 0.923 bits per heavy atom. The Labute approximate surface area is 227 Å². The third kappa shape index (κ3) is 7.82. The van der Waals surface area contributed by atoms with Crippen molar-refractivity contribution in [3.63, 3.8) is 0 Å². The highest BCUT2D eigenvalue weighted by molar-refractivity contribution is 5.98. The second-order valence-electron chi connectivity index (χ2n) is 10.9. The first-order valence-electron chi connectivity index (χ1n) is 13.3. The van der Waals surface area contributed by atoms with Crippen LogP contribution in [-0.2, 0) is 22.4 Å². The van der Waals surface area contributed by atoms with Crippen LogP contribution in [-0.4, -0.2) is 92.9 Å². The smallest absolute Gasteiger partial charge is 0.416 e. The fraction of sp³-hybridized carbons (Fsp3) is 0.500. The number of ether oxygens (including phenoxy) is 1. The van der Waals surface area contributed by atoms with E-state index in [0.29, 0.717) is 38.9 Å². The molecule has 0 atom stereocenters. The predicted octanol–water partition coefficient (Wildman–Crippen LogP) is 2.64. The van der Waals surface area contributed by atoms with E-state index < -0.39 is 12.1 Å². The van der Waals surface area contributed by atoms with E-state index in [-0.39, 0.29) is 28.7 Å². The summed E-state index contributed by atoms with van der Waals surface area (Å²) in [6.07, 6.45) is 5.41. The van der Waals surface area contributed by atoms with Gasteiger partial charge in [0.15, 0.2) is 0 Å². The maximum absolute atomic E-state index is 12.6. The van der Waals surface area contributed by atoms with Crippen LogP contribution in [0.25, 0.3) is 0 Å². The van der Waals surface area contributed by atoms with Crippen LogP contribution in [0, 0.1) is 5.41 Å². The van der Waals surface area contributed by atoms with Crippen LogP contribution in [0.5, 0.6) is 5.88 Å². The number of piperidine rings is 1. The van der Waals surface area contributed by atoms with Gasteiger partial charge in [-0.2, -0.15) is 0 Å². The topological polar surface area (TPSA) is 133 Å². The van der Waals surface area contributed by atoms with Crippen molar-refractivity contribution in [2.24, 2.45) is 5.41 Å². The number of hydrogen-bond donors (Lipinski definition) is 1. The van der Waals surface area contributed by atoms with Crippen LogP contribution < -0.4 is 4.74 Å². The van der Waals surface area contributed by atoms with Gasteiger partial charge in [-0.1, -0.05) is 19.9 Å². The Balaban J connectivity index is 1.15. The van der Waals surface area contributed by atoms with Crippen molar-refractivity contribution in [2.45, 2.75) is 46.0 Å². The first-order valence-corrected chi connectivity index (χ1v) is 13.3. The standard InChI is InChI=1S/C28H35N5O6/c1-28(2)16-24(34)33(25(35)17-28)11-9-20-5-8-23(30-18-20)39-27(38)32-14-12-31(13-15-32)10-3-4-22-7-6-21(19-29-22)26(36)37/h5-8,18-19H,3-4,9-17H2,1-2H3,(H,36,37). The summed E-state index contributed by atoms with van der Waals surface area (Å²) < 4.78 is 5.45. The van der Waals surface area contributed by atoms with Crippen LogP contribution in [0.2, 0.25) is 0 Å². The van der Waals surface area contributed by atoms with Gasteiger partial charge in [0.25, 0.3) is 0 Å². The normalized spacial score (nSPS) is 17.8. The molecule has 208 valence electrons. The average Bonchev–Trinajstić information content (AvgIpc) is 2.89. The number of aromatic nitrogens is 2. The van der Waals surface area contributed by atoms with Crippen molar-refractivity contribution >= 4 is 23.9 Å². The molecule has 2 aromatic rings. The van der Waals surface area contributed by atoms with Gasteiger partial charge >= 0.3 is 12.1 Å². The predicted molar refractivity (Wildman–Crippen MR) is 141 cm³/mol. The van der Waals surface area contributed by atoms with Gasteiger partial charge in [0, 0.05) is 69.7 Å². The van der Waals surface area contributed by atoms with Gasteiger partial charge in [-0.15, -0.1) is 0 Å². The second kappa shape index (κ2) is 12.3. The highest BCUT2D eigenvalue weighted by Gasteiger charge is 2.37. The van der Waals surface area contributed by atoms with Crippen LogP contribution in [0.3, 0.4) is 0 Å². The number of pyridine rings is 2. The molecule has 0 saturated carbocycles. The van der Waals surface area contributed by atoms with E-state index in [4.69, 9.17) is 9.84 Å². The number of likely N-dealkylation sites (tertiary alicyclic amines) is 1. The van der Waals surface area contributed by atoms with E-state index >= 15 is 0 Å². The van der Waals surface area contributed by atoms with Crippen molar-refractivity contribution in [2.75, 3.05) is 39.3 Å². The molecule has 0 unspecified atom stereocenters. The molecule has 2 aromatic heterocycles. The lowest BCUT2D eigenvalue weighted by atomic mass is 9.81. The monoisotopic (exact) mass is 537 g/mol. The number of carbonyl (C=O) groups excluding carboxylic acids is 3. The number of carbonyl (C=O) groups is 4. The number of carboxylic acid groups (broad SMARTS) is 1. The maximum atomic E-state index is 12.6. The molecule has 2 fully saturated rings. The van der Waals surface area contributed by atoms with Gasteiger partial charge in [0.2, 0.25) is 17.7 Å². The van der Waals surface area contributed by atoms with Gasteiger partial charge in [-0.05, 0) is 48.9 Å². The molecule has 11 heteroatoms. The Kier molecular flexibility index (Phi) is 8.90. The third-order valence-electron chi connectivity index (χ3n) is 7.08. The highest BCUT2D eigenvalue weighted by Crippen LogP contribution is 2.31. The van der Waals surface area contributed by atoms with Gasteiger partial charge < -0.3 is 14.7 Å². The van der Waals surface area contributed by atoms with Crippen molar-refractivity contribution in [1.29, 1.82) is 0 Å². The van der Waals surface area contributed by atoms with Crippen molar-refractivity contribution in [3.05, 3.63) is 53.5 Å². The number of aromatic carboxylic acids is 1. The zero-order valence-corrected chi connectivity index (χ0v) is 22.5. The van der Waals surface area contributed by atoms with Gasteiger partial charge in [-0.25, -0.2) is 14.6 Å². The fourth-order valence-corrected chi connectivity index (χ4v) is 4.81. The van der Waals surface area contributed by atoms with Crippen molar-refractivity contribution in [3.8, 4) is 5.88 Å². The van der Waals surface area contributed by atoms with E-state index in [0.717, 1.165) is 43.7 Å². The minimum atomic E-state index is -0.983. The SMILES string of the molecule is CC1(C)CC(=O)N(CCc2ccc(OC(=O)N3CCN(CCCc4ccc(C(=O)O)cn4)CC3)nc2)C(=O)C1. The minimum Gasteiger partial charge on any atom is -0.478 e. The van der Waals surface area contributed by atoms with E-state index in [1.807, 2.05) is 13.8 Å². The molecule has 2 aliphatic rings. The second-order valence-corrected chi connectivity index (χ2v) is 10.9. The Hall–Kier alpha value is -3.86. The third-order valence-corrected chi connectivity index (χ3v) is 7.08. The van der Waals surface area contributed by atoms with Gasteiger partial charge in [-0.3, -0.25) is 24.4 Å². The number of nitrogens with zero attached hydrogens (tertiary/aromatic N) is 5. The van der Waals surface area contributed by atoms with Gasteiger partial charge in [0.1, 0.15) is 0 Å². The molecule has 0 aliphatic carbocycles. The Morgan fingerprint density at radius 3 is 2.23 bits per heavy atom. The first kappa shape index (κ1) is 28.2. The first-order chi connectivity index (χ1) is 18.6. The minimum absolute atomic E-state index is 0.140. The molecule has 1 N–H and O–H groups in total. The number of hydrogen-bond acceptors (Lipinski definition) is 8. The lowest BCUT2D eigenvalue weighted by molar-refractivity contribution is -0.152. The number of amides is 3. The number of rotatable bonds is 9. The van der Waals surface area contributed by atoms with Crippen LogP contribution >= 0.6 is 0 Å². The largest absolute Gasteiger partial charge is 0.478 e. The molecule has 0 bridgehead atoms. The van der Waals surface area contributed by atoms with Crippen molar-refractivity contribution < 1.29 is 29.0 Å². The molecule has 2 aliphatic heterocycles. The summed E-state index contributed by atoms with van der Waals surface area (Å²) in [5.41, 5.74) is 1.60. The van der Waals surface area contributed by atoms with Crippen LogP contribution in [0.4, 0.5) is 4.79 Å². The van der Waals surface area contributed by atoms with E-state index in [1.54, 1.807) is 35.4 Å². The number of piperazine rings is 1. The summed E-state index contributed by atoms with van der Waals surface area (Å²) in [5.74, 6) is -1.05. The molecule has 4 rings (SSSR count). The summed E-state index contributed by atoms with van der Waals surface area (Å²) in [6.45, 7) is 7.60. The van der Waals surface area contributed by atoms with E-state index in [1.165, 1.54) is 11.1 Å². The summed E-state index contributed by atoms with van der Waals surface area (Å²) in [6, 6.07) is 6.73. The van der Waals surface area contributed by atoms with Crippen LogP contribution in [0.15, 0.2) is 36.7 Å². The van der Waals surface area contributed by atoms with Gasteiger partial charge in [0.05, 0.1) is 5.56 Å². The molecule has 39 heavy (non-hydrogen) atoms. The molecule has 0 radical (unpaired) electrons. The fourth-order valence-electron chi connectivity index (χ4n) is 4.81. The lowest BCUT2D eigenvalue weighted by Gasteiger charge is -2.34. The molecule has 11 nitrogen and oxygen atoms in total. The summed E-state index contributed by atoms with van der Waals surface area (Å²) in [5, 5.41) is 8.96. The lowest BCUT2D eigenvalue weighted by Crippen LogP contribution is -2.49. The van der Waals surface area contributed by atoms with Crippen LogP contribution in [0.1, 0.15) is 54.7 Å². The molecule has 3 amide bonds. The molecule has 2 saturated heterocycles. The average molecular weight is 538 g/mol. The van der Waals surface area contributed by atoms with E-state index in [2.05, 4.69) is 14.9 Å². The number of carboxylic acids is 1. The highest BCUT2D eigenvalue weighted by atomic mass is 16.6. The Bertz CT molecular complexity index is 1170. The quantitative estimate of drug-likeness (QED) is 0.479. The zero-order chi connectivity index (χ0) is 28.0. The molecular formula is C28H35N5O6. The summed E-state index contributed by atoms with van der Waals surface area (Å²) in [7, 11) is 0. The molecule has 0 aromatic carbocycles. The maximum Gasteiger partial charge on any atom is 0.416 e. The summed E-state index contributed by atoms with van der Waals surface area (Å²) >= 11 is 0. The summed E-state index contributed by atoms with van der Waals surface area (Å²) in [4.78, 5) is 61.9. The molecule has 4 heterocycles. The number of aryl methyl sites for hydroxylation is 1. The molecular weight excluding hydrogens is 502 g/mol. The number of imide groups is 1. The Morgan fingerprint density at radius 2 is 1.64 bits per heavy atom.